The Labute approximate surface area is 102 Å². The average molecular weight is 229 g/mol. The van der Waals surface area contributed by atoms with Gasteiger partial charge in [0.05, 0.1) is 0 Å². The quantitative estimate of drug-likeness (QED) is 0.761. The lowest BCUT2D eigenvalue weighted by Crippen LogP contribution is -2.06. The number of hydrogen-bond donors (Lipinski definition) is 0. The molecule has 0 atom stereocenters. The van der Waals surface area contributed by atoms with E-state index in [4.69, 9.17) is 0 Å². The Balaban J connectivity index is 1.84. The zero-order valence-corrected chi connectivity index (χ0v) is 9.92. The Hall–Kier alpha value is -1.71. The first-order valence-corrected chi connectivity index (χ1v) is 5.98. The summed E-state index contributed by atoms with van der Waals surface area (Å²) in [6, 6.07) is 10.5. The van der Waals surface area contributed by atoms with Crippen LogP contribution in [0.5, 0.6) is 0 Å². The second kappa shape index (κ2) is 6.13. The van der Waals surface area contributed by atoms with E-state index in [1.807, 2.05) is 10.7 Å². The number of nitrogens with zero attached hydrogens (tertiary/aromatic N) is 4. The van der Waals surface area contributed by atoms with Crippen molar-refractivity contribution in [3.63, 3.8) is 0 Å². The van der Waals surface area contributed by atoms with E-state index in [0.29, 0.717) is 0 Å². The van der Waals surface area contributed by atoms with E-state index < -0.39 is 0 Å². The molecule has 0 spiro atoms. The topological polar surface area (TPSA) is 43.6 Å². The summed E-state index contributed by atoms with van der Waals surface area (Å²) >= 11 is 0. The summed E-state index contributed by atoms with van der Waals surface area (Å²) in [7, 11) is 0. The van der Waals surface area contributed by atoms with Crippen LogP contribution in [0, 0.1) is 6.92 Å². The second-order valence-electron chi connectivity index (χ2n) is 4.01. The zero-order chi connectivity index (χ0) is 11.9. The fourth-order valence-corrected chi connectivity index (χ4v) is 1.82. The lowest BCUT2D eigenvalue weighted by molar-refractivity contribution is 0.562. The lowest BCUT2D eigenvalue weighted by Gasteiger charge is -2.03. The van der Waals surface area contributed by atoms with E-state index in [0.717, 1.165) is 38.1 Å². The smallest absolute Gasteiger partial charge is 0.151 e. The summed E-state index contributed by atoms with van der Waals surface area (Å²) < 4.78 is 1.85. The van der Waals surface area contributed by atoms with Gasteiger partial charge in [0.15, 0.2) is 5.82 Å². The third kappa shape index (κ3) is 3.37. The van der Waals surface area contributed by atoms with Crippen molar-refractivity contribution in [3.8, 4) is 0 Å². The van der Waals surface area contributed by atoms with Crippen LogP contribution in [-0.2, 0) is 19.4 Å². The molecule has 4 nitrogen and oxygen atoms in total. The summed E-state index contributed by atoms with van der Waals surface area (Å²) in [5.41, 5.74) is 1.36. The first-order valence-electron chi connectivity index (χ1n) is 5.98. The Bertz CT molecular complexity index is 436. The van der Waals surface area contributed by atoms with Gasteiger partial charge in [-0.25, -0.2) is 4.68 Å². The van der Waals surface area contributed by atoms with Crippen LogP contribution >= 0.6 is 0 Å². The molecular weight excluding hydrogens is 212 g/mol. The number of tetrazole rings is 1. The van der Waals surface area contributed by atoms with E-state index in [1.165, 1.54) is 5.56 Å². The van der Waals surface area contributed by atoms with Crippen LogP contribution in [0.25, 0.3) is 0 Å². The molecule has 0 N–H and O–H groups in total. The summed E-state index contributed by atoms with van der Waals surface area (Å²) in [5.74, 6) is 0.963. The molecule has 4 heteroatoms. The summed E-state index contributed by atoms with van der Waals surface area (Å²) in [4.78, 5) is 0. The molecule has 0 fully saturated rings. The predicted molar refractivity (Wildman–Crippen MR) is 66.3 cm³/mol. The molecule has 0 unspecified atom stereocenters. The SMILES string of the molecule is [CH2]CCn1nnnc1CCCc1ccccc1. The molecule has 0 aliphatic rings. The van der Waals surface area contributed by atoms with Crippen LogP contribution in [-0.4, -0.2) is 20.2 Å². The molecule has 0 aliphatic carbocycles. The minimum Gasteiger partial charge on any atom is -0.230 e. The van der Waals surface area contributed by atoms with Gasteiger partial charge in [-0.1, -0.05) is 37.3 Å². The Morgan fingerprint density at radius 1 is 1.12 bits per heavy atom. The monoisotopic (exact) mass is 229 g/mol. The van der Waals surface area contributed by atoms with Crippen molar-refractivity contribution in [2.45, 2.75) is 32.2 Å². The molecule has 1 aromatic heterocycles. The first-order chi connectivity index (χ1) is 8.40. The van der Waals surface area contributed by atoms with Gasteiger partial charge in [-0.2, -0.15) is 0 Å². The standard InChI is InChI=1S/C13H17N4/c1-2-11-17-13(14-15-16-17)10-6-9-12-7-4-3-5-8-12/h3-5,7-8H,1-2,6,9-11H2. The van der Waals surface area contributed by atoms with Gasteiger partial charge in [0.25, 0.3) is 0 Å². The highest BCUT2D eigenvalue weighted by Gasteiger charge is 2.04. The highest BCUT2D eigenvalue weighted by atomic mass is 15.5. The Kier molecular flexibility index (Phi) is 4.24. The third-order valence-electron chi connectivity index (χ3n) is 2.68. The number of aryl methyl sites for hydroxylation is 3. The van der Waals surface area contributed by atoms with Crippen molar-refractivity contribution >= 4 is 0 Å². The molecule has 0 aliphatic heterocycles. The van der Waals surface area contributed by atoms with E-state index in [9.17, 15) is 0 Å². The van der Waals surface area contributed by atoms with Crippen molar-refractivity contribution in [2.75, 3.05) is 0 Å². The summed E-state index contributed by atoms with van der Waals surface area (Å²) in [6.45, 7) is 4.61. The van der Waals surface area contributed by atoms with Gasteiger partial charge >= 0.3 is 0 Å². The molecule has 1 heterocycles. The van der Waals surface area contributed by atoms with Gasteiger partial charge < -0.3 is 0 Å². The van der Waals surface area contributed by atoms with Gasteiger partial charge in [0.1, 0.15) is 0 Å². The molecule has 2 aromatic rings. The minimum absolute atomic E-state index is 0.799. The van der Waals surface area contributed by atoms with Gasteiger partial charge in [-0.05, 0) is 35.3 Å². The summed E-state index contributed by atoms with van der Waals surface area (Å²) in [6.07, 6.45) is 3.87. The molecule has 1 aromatic carbocycles. The molecule has 1 radical (unpaired) electrons. The number of rotatable bonds is 6. The van der Waals surface area contributed by atoms with E-state index in [2.05, 4.69) is 46.7 Å². The number of benzene rings is 1. The first kappa shape index (κ1) is 11.8. The highest BCUT2D eigenvalue weighted by Crippen LogP contribution is 2.06. The van der Waals surface area contributed by atoms with Crippen LogP contribution < -0.4 is 0 Å². The zero-order valence-electron chi connectivity index (χ0n) is 9.92. The maximum atomic E-state index is 4.04. The fourth-order valence-electron chi connectivity index (χ4n) is 1.82. The molecule has 2 rings (SSSR count). The highest BCUT2D eigenvalue weighted by molar-refractivity contribution is 5.14. The summed E-state index contributed by atoms with van der Waals surface area (Å²) in [5, 5.41) is 11.7. The lowest BCUT2D eigenvalue weighted by atomic mass is 10.1. The maximum Gasteiger partial charge on any atom is 0.151 e. The van der Waals surface area contributed by atoms with E-state index in [1.54, 1.807) is 0 Å². The molecular formula is C13H17N4. The molecule has 89 valence electrons. The second-order valence-corrected chi connectivity index (χ2v) is 4.01. The third-order valence-corrected chi connectivity index (χ3v) is 2.68. The Morgan fingerprint density at radius 2 is 1.94 bits per heavy atom. The van der Waals surface area contributed by atoms with Crippen LogP contribution in [0.2, 0.25) is 0 Å². The van der Waals surface area contributed by atoms with Crippen LogP contribution in [0.1, 0.15) is 24.2 Å². The van der Waals surface area contributed by atoms with Crippen molar-refractivity contribution in [2.24, 2.45) is 0 Å². The molecule has 17 heavy (non-hydrogen) atoms. The van der Waals surface area contributed by atoms with Crippen LogP contribution in [0.3, 0.4) is 0 Å². The van der Waals surface area contributed by atoms with Gasteiger partial charge in [0, 0.05) is 13.0 Å². The molecule has 0 saturated carbocycles. The van der Waals surface area contributed by atoms with E-state index >= 15 is 0 Å². The number of hydrogen-bond acceptors (Lipinski definition) is 3. The van der Waals surface area contributed by atoms with Gasteiger partial charge in [-0.15, -0.1) is 5.10 Å². The Morgan fingerprint density at radius 3 is 2.71 bits per heavy atom. The van der Waals surface area contributed by atoms with Crippen molar-refractivity contribution < 1.29 is 0 Å². The molecule has 0 amide bonds. The van der Waals surface area contributed by atoms with Crippen molar-refractivity contribution in [1.82, 2.24) is 20.2 Å². The van der Waals surface area contributed by atoms with Gasteiger partial charge in [-0.3, -0.25) is 0 Å². The van der Waals surface area contributed by atoms with Crippen molar-refractivity contribution in [3.05, 3.63) is 48.6 Å². The van der Waals surface area contributed by atoms with Crippen molar-refractivity contribution in [1.29, 1.82) is 0 Å². The largest absolute Gasteiger partial charge is 0.230 e. The average Bonchev–Trinajstić information content (AvgIpc) is 2.79. The van der Waals surface area contributed by atoms with Crippen LogP contribution in [0.4, 0.5) is 0 Å². The molecule has 0 bridgehead atoms. The maximum absolute atomic E-state index is 4.04. The molecule has 0 saturated heterocycles. The predicted octanol–water partition coefficient (Wildman–Crippen LogP) is 2.07. The minimum atomic E-state index is 0.799. The van der Waals surface area contributed by atoms with Crippen LogP contribution in [0.15, 0.2) is 30.3 Å². The van der Waals surface area contributed by atoms with E-state index in [-0.39, 0.29) is 0 Å². The fraction of sp³-hybridized carbons (Fsp3) is 0.385. The van der Waals surface area contributed by atoms with Gasteiger partial charge in [0.2, 0.25) is 0 Å². The number of aromatic nitrogens is 4. The normalized spacial score (nSPS) is 10.6.